The predicted octanol–water partition coefficient (Wildman–Crippen LogP) is 4.57. The molecule has 6 nitrogen and oxygen atoms in total. The summed E-state index contributed by atoms with van der Waals surface area (Å²) in [6.45, 7) is 2.14. The van der Waals surface area contributed by atoms with Gasteiger partial charge in [-0.05, 0) is 37.5 Å². The molecule has 0 atom stereocenters. The number of hydrogen-bond donors (Lipinski definition) is 0. The molecule has 1 aliphatic rings. The molecule has 1 amide bonds. The number of piperidine rings is 1. The number of nitro benzene ring substituents is 1. The Bertz CT molecular complexity index is 818. The Kier molecular flexibility index (Phi) is 5.78. The molecule has 0 saturated carbocycles. The van der Waals surface area contributed by atoms with Gasteiger partial charge >= 0.3 is 0 Å². The van der Waals surface area contributed by atoms with E-state index in [-0.39, 0.29) is 11.6 Å². The number of rotatable bonds is 5. The molecule has 1 aromatic carbocycles. The van der Waals surface area contributed by atoms with Crippen LogP contribution in [0.15, 0.2) is 30.3 Å². The number of carbonyl (C=O) groups is 1. The van der Waals surface area contributed by atoms with Crippen molar-refractivity contribution >= 4 is 40.2 Å². The average molecular weight is 394 g/mol. The summed E-state index contributed by atoms with van der Waals surface area (Å²) in [6.07, 6.45) is 3.30. The first-order valence-corrected chi connectivity index (χ1v) is 9.68. The zero-order chi connectivity index (χ0) is 18.7. The molecule has 1 fully saturated rings. The molecule has 0 aliphatic carbocycles. The number of hydrogen-bond acceptors (Lipinski definition) is 5. The summed E-state index contributed by atoms with van der Waals surface area (Å²) in [5.74, 6) is -0.223. The largest absolute Gasteiger partial charge is 0.371 e. The third-order valence-electron chi connectivity index (χ3n) is 4.49. The van der Waals surface area contributed by atoms with Crippen molar-refractivity contribution in [3.63, 3.8) is 0 Å². The van der Waals surface area contributed by atoms with Crippen molar-refractivity contribution in [3.05, 3.63) is 55.2 Å². The van der Waals surface area contributed by atoms with E-state index in [1.807, 2.05) is 6.07 Å². The normalized spacial score (nSPS) is 14.3. The van der Waals surface area contributed by atoms with Crippen LogP contribution < -0.4 is 4.90 Å². The quantitative estimate of drug-likeness (QED) is 0.551. The minimum atomic E-state index is -0.462. The van der Waals surface area contributed by atoms with Crippen LogP contribution in [0.4, 0.5) is 11.4 Å². The van der Waals surface area contributed by atoms with Gasteiger partial charge in [0.1, 0.15) is 0 Å². The molecule has 3 rings (SSSR count). The van der Waals surface area contributed by atoms with E-state index in [1.165, 1.54) is 29.9 Å². The lowest BCUT2D eigenvalue weighted by Gasteiger charge is -2.31. The Morgan fingerprint density at radius 3 is 2.62 bits per heavy atom. The van der Waals surface area contributed by atoms with Gasteiger partial charge in [0.2, 0.25) is 0 Å². The lowest BCUT2D eigenvalue weighted by atomic mass is 10.1. The van der Waals surface area contributed by atoms with Crippen molar-refractivity contribution in [2.24, 2.45) is 0 Å². The van der Waals surface area contributed by atoms with Crippen molar-refractivity contribution < 1.29 is 9.72 Å². The Morgan fingerprint density at radius 2 is 2.00 bits per heavy atom. The molecule has 1 saturated heterocycles. The number of halogens is 1. The van der Waals surface area contributed by atoms with Crippen LogP contribution in [0, 0.1) is 10.1 Å². The van der Waals surface area contributed by atoms with Gasteiger partial charge in [-0.3, -0.25) is 14.9 Å². The lowest BCUT2D eigenvalue weighted by Crippen LogP contribution is -2.33. The van der Waals surface area contributed by atoms with Crippen molar-refractivity contribution in [1.29, 1.82) is 0 Å². The Labute approximate surface area is 161 Å². The van der Waals surface area contributed by atoms with E-state index in [0.29, 0.717) is 16.4 Å². The number of carbonyl (C=O) groups excluding carboxylic acids is 1. The molecule has 0 bridgehead atoms. The number of non-ortho nitro benzene ring substituents is 1. The molecule has 1 aliphatic heterocycles. The minimum Gasteiger partial charge on any atom is -0.371 e. The number of amides is 1. The van der Waals surface area contributed by atoms with Crippen LogP contribution in [0.25, 0.3) is 0 Å². The molecular formula is C18H20ClN3O3S. The SMILES string of the molecule is CN(Cc1ccc(Cl)s1)C(=O)c1cc([N+](=O)[O-])ccc1N1CCCCC1. The highest BCUT2D eigenvalue weighted by Gasteiger charge is 2.24. The standard InChI is InChI=1S/C18H20ClN3O3S/c1-20(12-14-6-8-17(19)26-14)18(23)15-11-13(22(24)25)5-7-16(15)21-9-3-2-4-10-21/h5-8,11H,2-4,9-10,12H2,1H3. The zero-order valence-electron chi connectivity index (χ0n) is 14.5. The predicted molar refractivity (Wildman–Crippen MR) is 104 cm³/mol. The fourth-order valence-electron chi connectivity index (χ4n) is 3.17. The van der Waals surface area contributed by atoms with Gasteiger partial charge in [0.25, 0.3) is 11.6 Å². The molecule has 138 valence electrons. The average Bonchev–Trinajstić information content (AvgIpc) is 3.06. The van der Waals surface area contributed by atoms with Crippen LogP contribution in [-0.2, 0) is 6.54 Å². The van der Waals surface area contributed by atoms with Gasteiger partial charge in [0.05, 0.1) is 27.1 Å². The smallest absolute Gasteiger partial charge is 0.270 e. The van der Waals surface area contributed by atoms with Gasteiger partial charge in [-0.15, -0.1) is 11.3 Å². The summed E-state index contributed by atoms with van der Waals surface area (Å²) in [5, 5.41) is 11.2. The first kappa shape index (κ1) is 18.7. The molecule has 26 heavy (non-hydrogen) atoms. The summed E-state index contributed by atoms with van der Waals surface area (Å²) >= 11 is 7.38. The molecular weight excluding hydrogens is 374 g/mol. The van der Waals surface area contributed by atoms with E-state index in [4.69, 9.17) is 11.6 Å². The highest BCUT2D eigenvalue weighted by molar-refractivity contribution is 7.16. The minimum absolute atomic E-state index is 0.0679. The van der Waals surface area contributed by atoms with Crippen LogP contribution in [0.5, 0.6) is 0 Å². The van der Waals surface area contributed by atoms with Crippen LogP contribution >= 0.6 is 22.9 Å². The topological polar surface area (TPSA) is 66.7 Å². The monoisotopic (exact) mass is 393 g/mol. The van der Waals surface area contributed by atoms with E-state index in [1.54, 1.807) is 24.1 Å². The second-order valence-corrected chi connectivity index (χ2v) is 8.17. The van der Waals surface area contributed by atoms with E-state index < -0.39 is 4.92 Å². The van der Waals surface area contributed by atoms with Gasteiger partial charge in [0, 0.05) is 37.1 Å². The molecule has 0 radical (unpaired) electrons. The summed E-state index contributed by atoms with van der Waals surface area (Å²) in [4.78, 5) is 28.5. The highest BCUT2D eigenvalue weighted by atomic mass is 35.5. The number of thiophene rings is 1. The Balaban J connectivity index is 1.90. The van der Waals surface area contributed by atoms with E-state index >= 15 is 0 Å². The molecule has 8 heteroatoms. The first-order valence-electron chi connectivity index (χ1n) is 8.49. The van der Waals surface area contributed by atoms with E-state index in [0.717, 1.165) is 36.5 Å². The molecule has 0 N–H and O–H groups in total. The second kappa shape index (κ2) is 8.05. The van der Waals surface area contributed by atoms with Crippen molar-refractivity contribution in [1.82, 2.24) is 4.90 Å². The fourth-order valence-corrected chi connectivity index (χ4v) is 4.31. The molecule has 2 aromatic rings. The zero-order valence-corrected chi connectivity index (χ0v) is 16.1. The Hall–Kier alpha value is -2.12. The van der Waals surface area contributed by atoms with Gasteiger partial charge in [-0.2, -0.15) is 0 Å². The van der Waals surface area contributed by atoms with E-state index in [2.05, 4.69) is 4.90 Å². The van der Waals surface area contributed by atoms with Gasteiger partial charge in [0.15, 0.2) is 0 Å². The molecule has 1 aromatic heterocycles. The van der Waals surface area contributed by atoms with E-state index in [9.17, 15) is 14.9 Å². The number of benzene rings is 1. The number of anilines is 1. The molecule has 0 spiro atoms. The summed E-state index contributed by atoms with van der Waals surface area (Å²) in [6, 6.07) is 8.25. The van der Waals surface area contributed by atoms with Crippen molar-refractivity contribution in [2.75, 3.05) is 25.0 Å². The van der Waals surface area contributed by atoms with Crippen LogP contribution in [-0.4, -0.2) is 35.9 Å². The second-order valence-electron chi connectivity index (χ2n) is 6.37. The van der Waals surface area contributed by atoms with Crippen molar-refractivity contribution in [2.45, 2.75) is 25.8 Å². The van der Waals surface area contributed by atoms with Crippen molar-refractivity contribution in [3.8, 4) is 0 Å². The highest BCUT2D eigenvalue weighted by Crippen LogP contribution is 2.30. The number of nitrogens with zero attached hydrogens (tertiary/aromatic N) is 3. The lowest BCUT2D eigenvalue weighted by molar-refractivity contribution is -0.384. The molecule has 2 heterocycles. The summed E-state index contributed by atoms with van der Waals surface area (Å²) < 4.78 is 0.671. The van der Waals surface area contributed by atoms with Gasteiger partial charge in [-0.25, -0.2) is 0 Å². The van der Waals surface area contributed by atoms with Crippen LogP contribution in [0.1, 0.15) is 34.5 Å². The summed E-state index contributed by atoms with van der Waals surface area (Å²) in [7, 11) is 1.70. The third kappa shape index (κ3) is 4.16. The maximum absolute atomic E-state index is 13.0. The fraction of sp³-hybridized carbons (Fsp3) is 0.389. The first-order chi connectivity index (χ1) is 12.5. The van der Waals surface area contributed by atoms with Gasteiger partial charge < -0.3 is 9.80 Å². The van der Waals surface area contributed by atoms with Gasteiger partial charge in [-0.1, -0.05) is 11.6 Å². The number of nitro groups is 1. The maximum atomic E-state index is 13.0. The van der Waals surface area contributed by atoms with Crippen LogP contribution in [0.3, 0.4) is 0 Å². The summed E-state index contributed by atoms with van der Waals surface area (Å²) in [5.41, 5.74) is 1.09. The Morgan fingerprint density at radius 1 is 1.27 bits per heavy atom. The third-order valence-corrected chi connectivity index (χ3v) is 5.70. The molecule has 0 unspecified atom stereocenters. The maximum Gasteiger partial charge on any atom is 0.270 e. The van der Waals surface area contributed by atoms with Crippen LogP contribution in [0.2, 0.25) is 4.34 Å².